The van der Waals surface area contributed by atoms with Crippen molar-refractivity contribution < 1.29 is 19.7 Å². The Balaban J connectivity index is 2.03. The van der Waals surface area contributed by atoms with Crippen LogP contribution in [-0.4, -0.2) is 36.1 Å². The van der Waals surface area contributed by atoms with Gasteiger partial charge in [0.25, 0.3) is 0 Å². The van der Waals surface area contributed by atoms with Gasteiger partial charge in [0.05, 0.1) is 6.61 Å². The Bertz CT molecular complexity index is 463. The summed E-state index contributed by atoms with van der Waals surface area (Å²) < 4.78 is 11.2. The molecule has 0 aliphatic rings. The largest absolute Gasteiger partial charge is 0.508 e. The number of ether oxygens (including phenoxy) is 2. The molecule has 4 nitrogen and oxygen atoms in total. The van der Waals surface area contributed by atoms with Crippen LogP contribution < -0.4 is 4.74 Å². The highest BCUT2D eigenvalue weighted by Crippen LogP contribution is 2.18. The third kappa shape index (κ3) is 12.7. The fraction of sp³-hybridized carbons (Fsp3) is 0.739. The van der Waals surface area contributed by atoms with Crippen LogP contribution in [0.15, 0.2) is 24.3 Å². The van der Waals surface area contributed by atoms with Gasteiger partial charge in [-0.1, -0.05) is 77.7 Å². The predicted molar refractivity (Wildman–Crippen MR) is 111 cm³/mol. The molecule has 0 saturated carbocycles. The second-order valence-corrected chi connectivity index (χ2v) is 7.54. The number of aliphatic hydroxyl groups excluding tert-OH is 1. The molecule has 0 aromatic heterocycles. The van der Waals surface area contributed by atoms with Crippen molar-refractivity contribution in [1.29, 1.82) is 0 Å². The molecule has 0 radical (unpaired) electrons. The Kier molecular flexibility index (Phi) is 13.9. The summed E-state index contributed by atoms with van der Waals surface area (Å²) in [6.07, 6.45) is 12.5. The molecule has 2 N–H and O–H groups in total. The summed E-state index contributed by atoms with van der Waals surface area (Å²) in [5, 5.41) is 19.4. The molecule has 0 saturated heterocycles. The first-order valence-electron chi connectivity index (χ1n) is 10.8. The minimum Gasteiger partial charge on any atom is -0.508 e. The molecule has 0 fully saturated rings. The molecule has 0 aliphatic heterocycles. The second-order valence-electron chi connectivity index (χ2n) is 7.54. The maximum atomic E-state index is 9.99. The first-order chi connectivity index (χ1) is 13.2. The van der Waals surface area contributed by atoms with Crippen LogP contribution in [0.1, 0.15) is 78.1 Å². The summed E-state index contributed by atoms with van der Waals surface area (Å²) in [7, 11) is 0. The molecule has 1 aromatic rings. The first-order valence-corrected chi connectivity index (χ1v) is 10.8. The van der Waals surface area contributed by atoms with Crippen molar-refractivity contribution >= 4 is 0 Å². The van der Waals surface area contributed by atoms with Crippen molar-refractivity contribution in [3.8, 4) is 11.5 Å². The van der Waals surface area contributed by atoms with E-state index in [4.69, 9.17) is 9.47 Å². The summed E-state index contributed by atoms with van der Waals surface area (Å²) in [4.78, 5) is 0. The van der Waals surface area contributed by atoms with Crippen molar-refractivity contribution in [2.45, 2.75) is 84.2 Å². The number of aromatic hydroxyl groups is 1. The van der Waals surface area contributed by atoms with Crippen LogP contribution in [0.2, 0.25) is 0 Å². The van der Waals surface area contributed by atoms with Crippen LogP contribution in [-0.2, 0) is 4.74 Å². The van der Waals surface area contributed by atoms with E-state index in [9.17, 15) is 10.2 Å². The molecule has 0 spiro atoms. The van der Waals surface area contributed by atoms with Gasteiger partial charge in [0.1, 0.15) is 24.2 Å². The number of benzene rings is 1. The van der Waals surface area contributed by atoms with Gasteiger partial charge in [-0.25, -0.2) is 0 Å². The molecule has 2 atom stereocenters. The van der Waals surface area contributed by atoms with Crippen molar-refractivity contribution in [2.24, 2.45) is 5.92 Å². The zero-order valence-electron chi connectivity index (χ0n) is 17.4. The molecule has 0 amide bonds. The normalized spacial score (nSPS) is 13.4. The van der Waals surface area contributed by atoms with Gasteiger partial charge in [0.2, 0.25) is 0 Å². The number of phenolic OH excluding ortho intramolecular Hbond substituents is 1. The standard InChI is InChI=1S/C23H40O4/c1-3-5-6-7-8-9-10-11-13-20(4-2)17-26-18-22(25)19-27-23-15-12-14-21(24)16-23/h12,14-16,20,22,24-25H,3-11,13,17-19H2,1-2H3. The quantitative estimate of drug-likeness (QED) is 0.340. The number of hydrogen-bond acceptors (Lipinski definition) is 4. The zero-order chi connectivity index (χ0) is 19.7. The smallest absolute Gasteiger partial charge is 0.123 e. The molecule has 27 heavy (non-hydrogen) atoms. The van der Waals surface area contributed by atoms with Crippen LogP contribution in [0.5, 0.6) is 11.5 Å². The lowest BCUT2D eigenvalue weighted by molar-refractivity contribution is -0.00116. The van der Waals surface area contributed by atoms with Crippen LogP contribution in [0, 0.1) is 5.92 Å². The number of hydrogen-bond donors (Lipinski definition) is 2. The topological polar surface area (TPSA) is 58.9 Å². The van der Waals surface area contributed by atoms with Crippen molar-refractivity contribution in [3.05, 3.63) is 24.3 Å². The van der Waals surface area contributed by atoms with E-state index in [-0.39, 0.29) is 19.0 Å². The minimum atomic E-state index is -0.659. The Morgan fingerprint density at radius 3 is 2.26 bits per heavy atom. The van der Waals surface area contributed by atoms with Gasteiger partial charge in [-0.3, -0.25) is 0 Å². The minimum absolute atomic E-state index is 0.157. The highest BCUT2D eigenvalue weighted by molar-refractivity contribution is 5.31. The number of aliphatic hydroxyl groups is 1. The monoisotopic (exact) mass is 380 g/mol. The molecule has 2 unspecified atom stereocenters. The first kappa shape index (κ1) is 23.8. The molecule has 0 heterocycles. The number of phenols is 1. The number of rotatable bonds is 17. The van der Waals surface area contributed by atoms with Crippen molar-refractivity contribution in [3.63, 3.8) is 0 Å². The van der Waals surface area contributed by atoms with Crippen molar-refractivity contribution in [1.82, 2.24) is 0 Å². The maximum Gasteiger partial charge on any atom is 0.123 e. The third-order valence-electron chi connectivity index (χ3n) is 4.97. The fourth-order valence-electron chi connectivity index (χ4n) is 3.16. The summed E-state index contributed by atoms with van der Waals surface area (Å²) in [5.41, 5.74) is 0. The van der Waals surface area contributed by atoms with Crippen LogP contribution in [0.25, 0.3) is 0 Å². The van der Waals surface area contributed by atoms with E-state index in [1.807, 2.05) is 0 Å². The molecule has 156 valence electrons. The third-order valence-corrected chi connectivity index (χ3v) is 4.97. The van der Waals surface area contributed by atoms with Gasteiger partial charge in [-0.15, -0.1) is 0 Å². The Morgan fingerprint density at radius 1 is 0.889 bits per heavy atom. The molecular formula is C23H40O4. The SMILES string of the molecule is CCCCCCCCCCC(CC)COCC(O)COc1cccc(O)c1. The fourth-order valence-corrected chi connectivity index (χ4v) is 3.16. The average molecular weight is 381 g/mol. The highest BCUT2D eigenvalue weighted by atomic mass is 16.5. The predicted octanol–water partition coefficient (Wildman–Crippen LogP) is 5.71. The summed E-state index contributed by atoms with van der Waals surface area (Å²) >= 11 is 0. The maximum absolute atomic E-state index is 9.99. The molecule has 1 aromatic carbocycles. The van der Waals surface area contributed by atoms with E-state index in [0.717, 1.165) is 6.42 Å². The lowest BCUT2D eigenvalue weighted by atomic mass is 9.98. The Morgan fingerprint density at radius 2 is 1.59 bits per heavy atom. The van der Waals surface area contributed by atoms with E-state index in [2.05, 4.69) is 13.8 Å². The summed E-state index contributed by atoms with van der Waals surface area (Å²) in [5.74, 6) is 1.28. The van der Waals surface area contributed by atoms with Gasteiger partial charge in [0.15, 0.2) is 0 Å². The van der Waals surface area contributed by atoms with E-state index in [1.165, 1.54) is 63.9 Å². The van der Waals surface area contributed by atoms with E-state index in [0.29, 0.717) is 18.3 Å². The Hall–Kier alpha value is -1.26. The van der Waals surface area contributed by atoms with Gasteiger partial charge < -0.3 is 19.7 Å². The summed E-state index contributed by atoms with van der Waals surface area (Å²) in [6, 6.07) is 6.59. The summed E-state index contributed by atoms with van der Waals surface area (Å²) in [6.45, 7) is 5.62. The Labute approximate surface area is 165 Å². The van der Waals surface area contributed by atoms with Crippen LogP contribution in [0.4, 0.5) is 0 Å². The van der Waals surface area contributed by atoms with Gasteiger partial charge in [-0.2, -0.15) is 0 Å². The second kappa shape index (κ2) is 15.8. The molecule has 0 bridgehead atoms. The lowest BCUT2D eigenvalue weighted by Gasteiger charge is -2.17. The number of unbranched alkanes of at least 4 members (excludes halogenated alkanes) is 7. The van der Waals surface area contributed by atoms with Crippen LogP contribution in [0.3, 0.4) is 0 Å². The van der Waals surface area contributed by atoms with Crippen molar-refractivity contribution in [2.75, 3.05) is 19.8 Å². The zero-order valence-corrected chi connectivity index (χ0v) is 17.4. The van der Waals surface area contributed by atoms with E-state index >= 15 is 0 Å². The molecule has 1 rings (SSSR count). The van der Waals surface area contributed by atoms with Gasteiger partial charge >= 0.3 is 0 Å². The van der Waals surface area contributed by atoms with Gasteiger partial charge in [0, 0.05) is 12.7 Å². The van der Waals surface area contributed by atoms with E-state index in [1.54, 1.807) is 18.2 Å². The van der Waals surface area contributed by atoms with E-state index < -0.39 is 6.10 Å². The average Bonchev–Trinajstić information content (AvgIpc) is 2.67. The highest BCUT2D eigenvalue weighted by Gasteiger charge is 2.10. The van der Waals surface area contributed by atoms with Gasteiger partial charge in [-0.05, 0) is 24.5 Å². The van der Waals surface area contributed by atoms with Crippen LogP contribution >= 0.6 is 0 Å². The molecule has 4 heteroatoms. The lowest BCUT2D eigenvalue weighted by Crippen LogP contribution is -2.25. The molecule has 0 aliphatic carbocycles. The molecular weight excluding hydrogens is 340 g/mol.